The Kier molecular flexibility index (Phi) is 6.06. The van der Waals surface area contributed by atoms with Gasteiger partial charge in [0.25, 0.3) is 5.91 Å². The average Bonchev–Trinajstić information content (AvgIpc) is 2.34. The van der Waals surface area contributed by atoms with Crippen molar-refractivity contribution in [3.05, 3.63) is 29.3 Å². The second kappa shape index (κ2) is 7.15. The van der Waals surface area contributed by atoms with Crippen LogP contribution in [0.15, 0.2) is 23.1 Å². The number of hydrogen-bond acceptors (Lipinski definition) is 4. The highest BCUT2D eigenvalue weighted by atomic mass is 32.2. The van der Waals surface area contributed by atoms with Gasteiger partial charge in [0, 0.05) is 34.4 Å². The van der Waals surface area contributed by atoms with E-state index in [2.05, 4.69) is 5.32 Å². The van der Waals surface area contributed by atoms with E-state index in [9.17, 15) is 17.4 Å². The molecule has 0 spiro atoms. The third-order valence-electron chi connectivity index (χ3n) is 2.86. The van der Waals surface area contributed by atoms with Crippen LogP contribution in [0.5, 0.6) is 0 Å². The van der Waals surface area contributed by atoms with Crippen LogP contribution in [0.1, 0.15) is 29.3 Å². The Labute approximate surface area is 127 Å². The van der Waals surface area contributed by atoms with Crippen LogP contribution >= 0.6 is 0 Å². The molecule has 0 aliphatic rings. The highest BCUT2D eigenvalue weighted by Gasteiger charge is 2.15. The molecule has 2 atom stereocenters. The molecule has 6 nitrogen and oxygen atoms in total. The molecule has 0 aliphatic heterocycles. The van der Waals surface area contributed by atoms with Crippen molar-refractivity contribution >= 4 is 26.7 Å². The van der Waals surface area contributed by atoms with Crippen molar-refractivity contribution in [2.45, 2.75) is 31.2 Å². The van der Waals surface area contributed by atoms with Gasteiger partial charge in [-0.05, 0) is 44.0 Å². The molecule has 21 heavy (non-hydrogen) atoms. The van der Waals surface area contributed by atoms with Gasteiger partial charge < -0.3 is 5.32 Å². The molecule has 3 N–H and O–H groups in total. The molecule has 0 aromatic heterocycles. The summed E-state index contributed by atoms with van der Waals surface area (Å²) >= 11 is 0. The Bertz CT molecular complexity index is 656. The lowest BCUT2D eigenvalue weighted by atomic mass is 10.1. The molecule has 8 heteroatoms. The number of carbonyl (C=O) groups is 1. The van der Waals surface area contributed by atoms with E-state index in [0.717, 1.165) is 0 Å². The third kappa shape index (κ3) is 5.94. The molecule has 0 saturated heterocycles. The number of sulfonamides is 1. The van der Waals surface area contributed by atoms with E-state index in [1.807, 2.05) is 0 Å². The number of rotatable bonds is 6. The van der Waals surface area contributed by atoms with Crippen LogP contribution in [0.25, 0.3) is 0 Å². The van der Waals surface area contributed by atoms with Crippen molar-refractivity contribution in [3.8, 4) is 0 Å². The zero-order valence-electron chi connectivity index (χ0n) is 12.3. The summed E-state index contributed by atoms with van der Waals surface area (Å²) in [5, 5.41) is 7.83. The quantitative estimate of drug-likeness (QED) is 0.792. The molecule has 0 bridgehead atoms. The lowest BCUT2D eigenvalue weighted by Gasteiger charge is -2.14. The van der Waals surface area contributed by atoms with Crippen molar-refractivity contribution < 1.29 is 17.4 Å². The number of benzene rings is 1. The molecule has 0 aliphatic carbocycles. The number of aryl methyl sites for hydroxylation is 1. The van der Waals surface area contributed by atoms with E-state index in [1.165, 1.54) is 12.1 Å². The number of amides is 1. The SMILES string of the molecule is Cc1cc(C(=O)NC(C)CCS(C)=O)cc(S(N)(=O)=O)c1. The van der Waals surface area contributed by atoms with Crippen LogP contribution < -0.4 is 10.5 Å². The maximum absolute atomic E-state index is 12.1. The van der Waals surface area contributed by atoms with Crippen LogP contribution in [-0.4, -0.2) is 36.6 Å². The van der Waals surface area contributed by atoms with Crippen LogP contribution in [0.3, 0.4) is 0 Å². The minimum Gasteiger partial charge on any atom is -0.350 e. The fourth-order valence-corrected chi connectivity index (χ4v) is 3.09. The van der Waals surface area contributed by atoms with Crippen molar-refractivity contribution in [1.29, 1.82) is 0 Å². The summed E-state index contributed by atoms with van der Waals surface area (Å²) < 4.78 is 33.8. The molecule has 0 saturated carbocycles. The predicted octanol–water partition coefficient (Wildman–Crippen LogP) is 0.529. The highest BCUT2D eigenvalue weighted by molar-refractivity contribution is 7.89. The van der Waals surface area contributed by atoms with E-state index in [0.29, 0.717) is 17.7 Å². The Morgan fingerprint density at radius 1 is 1.38 bits per heavy atom. The molecule has 1 aromatic rings. The van der Waals surface area contributed by atoms with Crippen LogP contribution in [0.4, 0.5) is 0 Å². The molecule has 0 fully saturated rings. The summed E-state index contributed by atoms with van der Waals surface area (Å²) in [4.78, 5) is 12.0. The van der Waals surface area contributed by atoms with Gasteiger partial charge in [0.05, 0.1) is 4.90 Å². The van der Waals surface area contributed by atoms with E-state index in [-0.39, 0.29) is 22.4 Å². The first-order chi connectivity index (χ1) is 9.59. The molecule has 1 rings (SSSR count). The van der Waals surface area contributed by atoms with Crippen molar-refractivity contribution in [1.82, 2.24) is 5.32 Å². The van der Waals surface area contributed by atoms with Crippen LogP contribution in [0.2, 0.25) is 0 Å². The Morgan fingerprint density at radius 3 is 2.52 bits per heavy atom. The lowest BCUT2D eigenvalue weighted by molar-refractivity contribution is 0.0939. The average molecular weight is 332 g/mol. The van der Waals surface area contributed by atoms with E-state index < -0.39 is 20.8 Å². The van der Waals surface area contributed by atoms with Gasteiger partial charge in [0.1, 0.15) is 0 Å². The lowest BCUT2D eigenvalue weighted by Crippen LogP contribution is -2.33. The zero-order chi connectivity index (χ0) is 16.2. The first kappa shape index (κ1) is 17.8. The molecule has 1 amide bonds. The number of nitrogens with one attached hydrogen (secondary N) is 1. The van der Waals surface area contributed by atoms with Gasteiger partial charge in [0.15, 0.2) is 0 Å². The van der Waals surface area contributed by atoms with Crippen molar-refractivity contribution in [3.63, 3.8) is 0 Å². The largest absolute Gasteiger partial charge is 0.350 e. The number of carbonyl (C=O) groups excluding carboxylic acids is 1. The third-order valence-corrected chi connectivity index (χ3v) is 4.56. The Balaban J connectivity index is 2.88. The first-order valence-electron chi connectivity index (χ1n) is 6.35. The van der Waals surface area contributed by atoms with Gasteiger partial charge in [-0.25, -0.2) is 13.6 Å². The first-order valence-corrected chi connectivity index (χ1v) is 9.62. The molecule has 0 heterocycles. The highest BCUT2D eigenvalue weighted by Crippen LogP contribution is 2.14. The second-order valence-electron chi connectivity index (χ2n) is 5.02. The van der Waals surface area contributed by atoms with E-state index >= 15 is 0 Å². The minimum absolute atomic E-state index is 0.0880. The topological polar surface area (TPSA) is 106 Å². The van der Waals surface area contributed by atoms with E-state index in [1.54, 1.807) is 26.2 Å². The summed E-state index contributed by atoms with van der Waals surface area (Å²) in [6.07, 6.45) is 2.19. The van der Waals surface area contributed by atoms with Gasteiger partial charge in [-0.1, -0.05) is 0 Å². The van der Waals surface area contributed by atoms with Crippen molar-refractivity contribution in [2.24, 2.45) is 5.14 Å². The molecule has 118 valence electrons. The summed E-state index contributed by atoms with van der Waals surface area (Å²) in [6.45, 7) is 3.50. The summed E-state index contributed by atoms with van der Waals surface area (Å²) in [7, 11) is -4.76. The second-order valence-corrected chi connectivity index (χ2v) is 8.14. The minimum atomic E-state index is -3.85. The fraction of sp³-hybridized carbons (Fsp3) is 0.462. The van der Waals surface area contributed by atoms with E-state index in [4.69, 9.17) is 5.14 Å². The zero-order valence-corrected chi connectivity index (χ0v) is 13.9. The molecule has 2 unspecified atom stereocenters. The number of primary sulfonamides is 1. The maximum atomic E-state index is 12.1. The molecule has 1 aromatic carbocycles. The fourth-order valence-electron chi connectivity index (χ4n) is 1.77. The number of hydrogen-bond donors (Lipinski definition) is 2. The van der Waals surface area contributed by atoms with Crippen LogP contribution in [-0.2, 0) is 20.8 Å². The van der Waals surface area contributed by atoms with Gasteiger partial charge >= 0.3 is 0 Å². The van der Waals surface area contributed by atoms with Crippen molar-refractivity contribution in [2.75, 3.05) is 12.0 Å². The standard InChI is InChI=1S/C13H20N2O4S2/c1-9-6-11(8-12(7-9)21(14,18)19)13(16)15-10(2)4-5-20(3)17/h6-8,10H,4-5H2,1-3H3,(H,15,16)(H2,14,18,19). The summed E-state index contributed by atoms with van der Waals surface area (Å²) in [6, 6.07) is 4.10. The predicted molar refractivity (Wildman–Crippen MR) is 83.0 cm³/mol. The Morgan fingerprint density at radius 2 is 2.00 bits per heavy atom. The van der Waals surface area contributed by atoms with Gasteiger partial charge in [-0.3, -0.25) is 9.00 Å². The summed E-state index contributed by atoms with van der Waals surface area (Å²) in [5.74, 6) is 0.121. The smallest absolute Gasteiger partial charge is 0.251 e. The maximum Gasteiger partial charge on any atom is 0.251 e. The summed E-state index contributed by atoms with van der Waals surface area (Å²) in [5.41, 5.74) is 0.873. The molecule has 0 radical (unpaired) electrons. The Hall–Kier alpha value is -1.25. The normalized spacial score (nSPS) is 14.5. The monoisotopic (exact) mass is 332 g/mol. The van der Waals surface area contributed by atoms with Gasteiger partial charge in [-0.15, -0.1) is 0 Å². The van der Waals surface area contributed by atoms with Crippen LogP contribution in [0, 0.1) is 6.92 Å². The molecular formula is C13H20N2O4S2. The van der Waals surface area contributed by atoms with Gasteiger partial charge in [0.2, 0.25) is 10.0 Å². The molecular weight excluding hydrogens is 312 g/mol. The number of nitrogens with two attached hydrogens (primary N) is 1. The van der Waals surface area contributed by atoms with Gasteiger partial charge in [-0.2, -0.15) is 0 Å².